The van der Waals surface area contributed by atoms with E-state index in [-0.39, 0.29) is 24.9 Å². The number of allylic oxidation sites excluding steroid dienone is 16. The second-order valence-electron chi connectivity index (χ2n) is 19.3. The molecule has 0 aliphatic heterocycles. The van der Waals surface area contributed by atoms with Crippen LogP contribution in [-0.4, -0.2) is 46.9 Å². The van der Waals surface area contributed by atoms with Gasteiger partial charge in [-0.1, -0.05) is 246 Å². The predicted octanol–water partition coefficient (Wildman–Crippen LogP) is 18.1. The Balaban J connectivity index is 4.75. The second-order valence-corrected chi connectivity index (χ2v) is 19.3. The molecule has 69 heavy (non-hydrogen) atoms. The highest BCUT2D eigenvalue weighted by atomic mass is 16.5. The molecule has 6 nitrogen and oxygen atoms in total. The Labute approximate surface area is 426 Å². The van der Waals surface area contributed by atoms with Crippen molar-refractivity contribution in [2.45, 2.75) is 283 Å². The summed E-state index contributed by atoms with van der Waals surface area (Å²) in [6, 6.07) is -0.737. The Morgan fingerprint density at radius 3 is 1.14 bits per heavy atom. The van der Waals surface area contributed by atoms with Crippen LogP contribution in [-0.2, 0) is 14.3 Å². The topological polar surface area (TPSA) is 95.9 Å². The van der Waals surface area contributed by atoms with Crippen molar-refractivity contribution in [3.05, 3.63) is 97.2 Å². The quantitative estimate of drug-likeness (QED) is 0.0321. The maximum Gasteiger partial charge on any atom is 0.306 e. The van der Waals surface area contributed by atoms with Crippen LogP contribution in [0.4, 0.5) is 0 Å². The van der Waals surface area contributed by atoms with E-state index < -0.39 is 18.2 Å². The third-order valence-corrected chi connectivity index (χ3v) is 12.6. The number of amides is 1. The van der Waals surface area contributed by atoms with Crippen LogP contribution in [0.3, 0.4) is 0 Å². The molecule has 0 aromatic carbocycles. The molecule has 0 rings (SSSR count). The molecule has 0 heterocycles. The van der Waals surface area contributed by atoms with E-state index in [1.165, 1.54) is 135 Å². The number of nitrogens with one attached hydrogen (secondary N) is 1. The smallest absolute Gasteiger partial charge is 0.306 e. The van der Waals surface area contributed by atoms with Gasteiger partial charge in [-0.3, -0.25) is 9.59 Å². The molecule has 0 saturated heterocycles. The van der Waals surface area contributed by atoms with E-state index >= 15 is 0 Å². The average molecular weight is 961 g/mol. The van der Waals surface area contributed by atoms with Crippen molar-refractivity contribution in [2.75, 3.05) is 6.61 Å². The normalized spacial score (nSPS) is 13.9. The van der Waals surface area contributed by atoms with E-state index in [1.807, 2.05) is 0 Å². The molecule has 0 aromatic heterocycles. The first-order valence-corrected chi connectivity index (χ1v) is 29.0. The van der Waals surface area contributed by atoms with Gasteiger partial charge in [0.25, 0.3) is 0 Å². The van der Waals surface area contributed by atoms with Crippen LogP contribution >= 0.6 is 0 Å². The third kappa shape index (κ3) is 51.0. The molecule has 0 aromatic rings. The predicted molar refractivity (Wildman–Crippen MR) is 300 cm³/mol. The van der Waals surface area contributed by atoms with Gasteiger partial charge in [0.1, 0.15) is 6.10 Å². The Bertz CT molecular complexity index is 1350. The van der Waals surface area contributed by atoms with Crippen LogP contribution in [0.15, 0.2) is 97.2 Å². The summed E-state index contributed by atoms with van der Waals surface area (Å²) in [5, 5.41) is 23.9. The number of hydrogen-bond acceptors (Lipinski definition) is 5. The van der Waals surface area contributed by atoms with Gasteiger partial charge in [-0.15, -0.1) is 0 Å². The summed E-state index contributed by atoms with van der Waals surface area (Å²) < 4.78 is 5.90. The summed E-state index contributed by atoms with van der Waals surface area (Å²) in [6.07, 6.45) is 74.7. The minimum Gasteiger partial charge on any atom is -0.462 e. The van der Waals surface area contributed by atoms with Crippen LogP contribution in [0.5, 0.6) is 0 Å². The van der Waals surface area contributed by atoms with E-state index in [4.69, 9.17) is 4.74 Å². The molecule has 3 atom stereocenters. The summed E-state index contributed by atoms with van der Waals surface area (Å²) in [5.74, 6) is -0.597. The molecule has 3 N–H and O–H groups in total. The van der Waals surface area contributed by atoms with Gasteiger partial charge in [-0.2, -0.15) is 0 Å². The zero-order valence-corrected chi connectivity index (χ0v) is 45.2. The van der Waals surface area contributed by atoms with Gasteiger partial charge in [0.2, 0.25) is 5.91 Å². The molecule has 0 aliphatic rings. The number of unbranched alkanes of at least 4 members (excludes halogenated alkanes) is 23. The Morgan fingerprint density at radius 2 is 0.754 bits per heavy atom. The van der Waals surface area contributed by atoms with E-state index in [0.29, 0.717) is 25.7 Å². The lowest BCUT2D eigenvalue weighted by Gasteiger charge is -2.24. The first-order chi connectivity index (χ1) is 34.0. The summed E-state index contributed by atoms with van der Waals surface area (Å²) in [6.45, 7) is 6.41. The molecule has 0 saturated carbocycles. The zero-order valence-electron chi connectivity index (χ0n) is 45.2. The fourth-order valence-corrected chi connectivity index (χ4v) is 8.24. The second kappa shape index (κ2) is 55.7. The summed E-state index contributed by atoms with van der Waals surface area (Å²) >= 11 is 0. The number of ether oxygens (including phenoxy) is 1. The number of esters is 1. The zero-order chi connectivity index (χ0) is 50.2. The fourth-order valence-electron chi connectivity index (χ4n) is 8.24. The van der Waals surface area contributed by atoms with Crippen molar-refractivity contribution in [3.63, 3.8) is 0 Å². The van der Waals surface area contributed by atoms with E-state index in [1.54, 1.807) is 0 Å². The lowest BCUT2D eigenvalue weighted by Crippen LogP contribution is -2.46. The average Bonchev–Trinajstić information content (AvgIpc) is 3.34. The number of carbonyl (C=O) groups excluding carboxylic acids is 2. The van der Waals surface area contributed by atoms with Gasteiger partial charge in [0.15, 0.2) is 0 Å². The summed E-state index contributed by atoms with van der Waals surface area (Å²) in [5.41, 5.74) is 0. The number of hydrogen-bond donors (Lipinski definition) is 3. The molecule has 6 heteroatoms. The SMILES string of the molecule is CCCCC/C=C\C/C=C\C/C=C\C/C=C\CCCC(=O)OC(CCC/C=C\C/C=C\C/C=C\C/C=C\CCCCC)CC(=O)NC(CO)C(O)CCCCCCCCCCCCCCCCCC. The molecule has 0 spiro atoms. The summed E-state index contributed by atoms with van der Waals surface area (Å²) in [7, 11) is 0. The van der Waals surface area contributed by atoms with Gasteiger partial charge in [-0.05, 0) is 103 Å². The molecular formula is C63H109NO5. The number of carbonyl (C=O) groups is 2. The molecule has 0 radical (unpaired) electrons. The van der Waals surface area contributed by atoms with E-state index in [9.17, 15) is 19.8 Å². The third-order valence-electron chi connectivity index (χ3n) is 12.6. The largest absolute Gasteiger partial charge is 0.462 e. The van der Waals surface area contributed by atoms with Gasteiger partial charge < -0.3 is 20.3 Å². The molecule has 0 bridgehead atoms. The maximum atomic E-state index is 13.3. The first-order valence-electron chi connectivity index (χ1n) is 29.0. The molecule has 0 fully saturated rings. The number of rotatable bonds is 51. The van der Waals surface area contributed by atoms with Crippen LogP contribution in [0.2, 0.25) is 0 Å². The molecule has 1 amide bonds. The molecule has 3 unspecified atom stereocenters. The van der Waals surface area contributed by atoms with E-state index in [0.717, 1.165) is 77.0 Å². The maximum absolute atomic E-state index is 13.3. The first kappa shape index (κ1) is 65.8. The van der Waals surface area contributed by atoms with Crippen LogP contribution in [0.25, 0.3) is 0 Å². The van der Waals surface area contributed by atoms with Crippen molar-refractivity contribution >= 4 is 11.9 Å². The minimum absolute atomic E-state index is 0.0137. The van der Waals surface area contributed by atoms with Crippen molar-refractivity contribution < 1.29 is 24.5 Å². The van der Waals surface area contributed by atoms with Crippen molar-refractivity contribution in [1.82, 2.24) is 5.32 Å². The van der Waals surface area contributed by atoms with E-state index in [2.05, 4.69) is 123 Å². The molecular weight excluding hydrogens is 851 g/mol. The Kier molecular flexibility index (Phi) is 53.1. The van der Waals surface area contributed by atoms with Crippen LogP contribution in [0.1, 0.15) is 265 Å². The highest BCUT2D eigenvalue weighted by Gasteiger charge is 2.24. The highest BCUT2D eigenvalue weighted by Crippen LogP contribution is 2.17. The monoisotopic (exact) mass is 960 g/mol. The number of aliphatic hydroxyl groups is 2. The van der Waals surface area contributed by atoms with Gasteiger partial charge >= 0.3 is 5.97 Å². The van der Waals surface area contributed by atoms with Gasteiger partial charge in [0, 0.05) is 6.42 Å². The van der Waals surface area contributed by atoms with Crippen LogP contribution < -0.4 is 5.32 Å². The Hall–Kier alpha value is -3.22. The van der Waals surface area contributed by atoms with Crippen molar-refractivity contribution in [2.24, 2.45) is 0 Å². The van der Waals surface area contributed by atoms with Crippen molar-refractivity contribution in [3.8, 4) is 0 Å². The van der Waals surface area contributed by atoms with Gasteiger partial charge in [-0.25, -0.2) is 0 Å². The fraction of sp³-hybridized carbons (Fsp3) is 0.714. The minimum atomic E-state index is -0.818. The lowest BCUT2D eigenvalue weighted by atomic mass is 10.0. The Morgan fingerprint density at radius 1 is 0.420 bits per heavy atom. The molecule has 0 aliphatic carbocycles. The highest BCUT2D eigenvalue weighted by molar-refractivity contribution is 5.77. The van der Waals surface area contributed by atoms with Crippen molar-refractivity contribution in [1.29, 1.82) is 0 Å². The number of aliphatic hydroxyl groups excluding tert-OH is 2. The van der Waals surface area contributed by atoms with Crippen LogP contribution in [0, 0.1) is 0 Å². The molecule has 396 valence electrons. The standard InChI is InChI=1S/C63H109NO5/c1-4-7-10-13-16-19-22-25-28-31-33-36-39-42-45-48-51-54-59(69-63(68)56-53-50-47-44-41-38-35-32-29-26-23-20-17-14-11-8-5-2)57-62(67)64-60(58-65)61(66)55-52-49-46-43-40-37-34-30-27-24-21-18-15-12-9-6-3/h16-17,19-20,25-26,28-29,33,35-36,38,42,44-45,47,59-61,65-66H,4-15,18,21-24,27,30-32,34,37,39-41,43,46,48-58H2,1-3H3,(H,64,67)/b19-16-,20-17-,28-25-,29-26-,36-33-,38-35-,45-42-,47-44-. The lowest BCUT2D eigenvalue weighted by molar-refractivity contribution is -0.151. The van der Waals surface area contributed by atoms with Gasteiger partial charge in [0.05, 0.1) is 25.2 Å². The summed E-state index contributed by atoms with van der Waals surface area (Å²) in [4.78, 5) is 26.2.